The van der Waals surface area contributed by atoms with Crippen molar-refractivity contribution < 1.29 is 4.92 Å². The number of rotatable bonds is 5. The van der Waals surface area contributed by atoms with Crippen LogP contribution in [0.3, 0.4) is 0 Å². The van der Waals surface area contributed by atoms with Crippen molar-refractivity contribution in [2.45, 2.75) is 10.8 Å². The van der Waals surface area contributed by atoms with E-state index < -0.39 is 4.92 Å². The second-order valence-corrected chi connectivity index (χ2v) is 5.30. The van der Waals surface area contributed by atoms with Gasteiger partial charge in [0.2, 0.25) is 0 Å². The number of nitro groups is 1. The lowest BCUT2D eigenvalue weighted by Gasteiger charge is -2.09. The molecule has 1 aromatic carbocycles. The number of non-ortho nitro benzene ring substituents is 1. The van der Waals surface area contributed by atoms with Gasteiger partial charge in [-0.25, -0.2) is 4.98 Å². The predicted molar refractivity (Wildman–Crippen MR) is 81.5 cm³/mol. The van der Waals surface area contributed by atoms with Gasteiger partial charge in [0, 0.05) is 36.8 Å². The Morgan fingerprint density at radius 1 is 1.45 bits per heavy atom. The zero-order chi connectivity index (χ0) is 14.5. The van der Waals surface area contributed by atoms with Gasteiger partial charge in [-0.3, -0.25) is 10.1 Å². The second kappa shape index (κ2) is 6.58. The molecule has 1 aromatic heterocycles. The summed E-state index contributed by atoms with van der Waals surface area (Å²) in [5.74, 6) is 0.550. The molecule has 0 saturated heterocycles. The van der Waals surface area contributed by atoms with Crippen molar-refractivity contribution >= 4 is 34.7 Å². The molecule has 7 heteroatoms. The van der Waals surface area contributed by atoms with Gasteiger partial charge >= 0.3 is 0 Å². The summed E-state index contributed by atoms with van der Waals surface area (Å²) >= 11 is 7.48. The quantitative estimate of drug-likeness (QED) is 0.514. The van der Waals surface area contributed by atoms with Gasteiger partial charge in [0.05, 0.1) is 9.95 Å². The molecule has 2 rings (SSSR count). The molecular weight excluding hydrogens is 298 g/mol. The fourth-order valence-electron chi connectivity index (χ4n) is 1.68. The largest absolute Gasteiger partial charge is 0.388 e. The Morgan fingerprint density at radius 2 is 2.25 bits per heavy atom. The average molecular weight is 310 g/mol. The minimum Gasteiger partial charge on any atom is -0.388 e. The van der Waals surface area contributed by atoms with Gasteiger partial charge in [0.15, 0.2) is 0 Å². The maximum absolute atomic E-state index is 10.8. The fourth-order valence-corrected chi connectivity index (χ4v) is 2.84. The first kappa shape index (κ1) is 14.6. The van der Waals surface area contributed by atoms with Gasteiger partial charge in [-0.05, 0) is 23.8 Å². The van der Waals surface area contributed by atoms with Crippen molar-refractivity contribution in [1.29, 1.82) is 0 Å². The average Bonchev–Trinajstić information content (AvgIpc) is 2.46. The highest BCUT2D eigenvalue weighted by molar-refractivity contribution is 7.98. The van der Waals surface area contributed by atoms with Crippen LogP contribution in [0, 0.1) is 10.1 Å². The van der Waals surface area contributed by atoms with Gasteiger partial charge < -0.3 is 5.32 Å². The molecule has 2 aromatic rings. The molecule has 0 aliphatic rings. The van der Waals surface area contributed by atoms with Gasteiger partial charge in [0.1, 0.15) is 5.03 Å². The minimum absolute atomic E-state index is 0.0757. The Bertz CT molecular complexity index is 637. The summed E-state index contributed by atoms with van der Waals surface area (Å²) in [5, 5.41) is 15.1. The van der Waals surface area contributed by atoms with Crippen LogP contribution in [0.15, 0.2) is 41.6 Å². The summed E-state index contributed by atoms with van der Waals surface area (Å²) in [7, 11) is 1.78. The summed E-state index contributed by atoms with van der Waals surface area (Å²) in [6, 6.07) is 8.28. The van der Waals surface area contributed by atoms with Crippen molar-refractivity contribution in [2.75, 3.05) is 12.4 Å². The molecule has 0 saturated carbocycles. The highest BCUT2D eigenvalue weighted by Gasteiger charge is 2.11. The SMILES string of the molecule is CNc1ccc([N+](=O)[O-])cc1CSc1ncccc1Cl. The standard InChI is InChI=1S/C13H12ClN3O2S/c1-15-12-5-4-10(17(18)19)7-9(12)8-20-13-11(14)3-2-6-16-13/h2-7,15H,8H2,1H3. The molecule has 104 valence electrons. The Labute approximate surface area is 125 Å². The van der Waals surface area contributed by atoms with Crippen LogP contribution in [0.1, 0.15) is 5.56 Å². The van der Waals surface area contributed by atoms with Crippen LogP contribution in [0.5, 0.6) is 0 Å². The van der Waals surface area contributed by atoms with Crippen molar-refractivity contribution in [3.63, 3.8) is 0 Å². The number of aromatic nitrogens is 1. The molecule has 0 bridgehead atoms. The van der Waals surface area contributed by atoms with E-state index in [1.165, 1.54) is 17.8 Å². The lowest BCUT2D eigenvalue weighted by atomic mass is 10.2. The van der Waals surface area contributed by atoms with Crippen LogP contribution >= 0.6 is 23.4 Å². The first-order valence-electron chi connectivity index (χ1n) is 5.80. The maximum atomic E-state index is 10.8. The molecule has 0 aliphatic carbocycles. The van der Waals surface area contributed by atoms with Gasteiger partial charge in [-0.2, -0.15) is 0 Å². The third-order valence-corrected chi connectivity index (χ3v) is 4.13. The summed E-state index contributed by atoms with van der Waals surface area (Å²) < 4.78 is 0. The van der Waals surface area contributed by atoms with E-state index in [-0.39, 0.29) is 5.69 Å². The molecule has 1 heterocycles. The molecule has 0 radical (unpaired) electrons. The molecule has 1 N–H and O–H groups in total. The Morgan fingerprint density at radius 3 is 2.90 bits per heavy atom. The van der Waals surface area contributed by atoms with E-state index in [1.807, 2.05) is 0 Å². The number of benzene rings is 1. The van der Waals surface area contributed by atoms with E-state index in [1.54, 1.807) is 37.5 Å². The molecule has 5 nitrogen and oxygen atoms in total. The first-order valence-corrected chi connectivity index (χ1v) is 7.16. The third kappa shape index (κ3) is 3.40. The number of anilines is 1. The first-order chi connectivity index (χ1) is 9.61. The normalized spacial score (nSPS) is 10.3. The number of hydrogen-bond acceptors (Lipinski definition) is 5. The second-order valence-electron chi connectivity index (χ2n) is 3.93. The zero-order valence-electron chi connectivity index (χ0n) is 10.7. The number of pyridine rings is 1. The van der Waals surface area contributed by atoms with E-state index in [4.69, 9.17) is 11.6 Å². The van der Waals surface area contributed by atoms with Gasteiger partial charge in [-0.15, -0.1) is 11.8 Å². The monoisotopic (exact) mass is 309 g/mol. The lowest BCUT2D eigenvalue weighted by molar-refractivity contribution is -0.384. The number of nitrogens with zero attached hydrogens (tertiary/aromatic N) is 2. The topological polar surface area (TPSA) is 68.1 Å². The van der Waals surface area contributed by atoms with Crippen molar-refractivity contribution in [3.8, 4) is 0 Å². The Hall–Kier alpha value is -1.79. The molecule has 0 fully saturated rings. The van der Waals surface area contributed by atoms with Gasteiger partial charge in [-0.1, -0.05) is 11.6 Å². The summed E-state index contributed by atoms with van der Waals surface area (Å²) in [4.78, 5) is 14.6. The van der Waals surface area contributed by atoms with Crippen LogP contribution in [0.4, 0.5) is 11.4 Å². The summed E-state index contributed by atoms with van der Waals surface area (Å²) in [6.07, 6.45) is 1.67. The van der Waals surface area contributed by atoms with Crippen LogP contribution in [0.25, 0.3) is 0 Å². The lowest BCUT2D eigenvalue weighted by Crippen LogP contribution is -1.97. The number of hydrogen-bond donors (Lipinski definition) is 1. The zero-order valence-corrected chi connectivity index (χ0v) is 12.2. The highest BCUT2D eigenvalue weighted by atomic mass is 35.5. The van der Waals surface area contributed by atoms with E-state index >= 15 is 0 Å². The summed E-state index contributed by atoms with van der Waals surface area (Å²) in [6.45, 7) is 0. The van der Waals surface area contributed by atoms with E-state index in [0.29, 0.717) is 15.8 Å². The van der Waals surface area contributed by atoms with Crippen LogP contribution < -0.4 is 5.32 Å². The minimum atomic E-state index is -0.401. The molecular formula is C13H12ClN3O2S. The van der Waals surface area contributed by atoms with Crippen LogP contribution in [0.2, 0.25) is 5.02 Å². The third-order valence-electron chi connectivity index (χ3n) is 2.66. The number of halogens is 1. The number of nitrogens with one attached hydrogen (secondary N) is 1. The molecule has 0 spiro atoms. The molecule has 0 aliphatic heterocycles. The van der Waals surface area contributed by atoms with Crippen LogP contribution in [-0.2, 0) is 5.75 Å². The van der Waals surface area contributed by atoms with Crippen molar-refractivity contribution in [1.82, 2.24) is 4.98 Å². The van der Waals surface area contributed by atoms with Crippen molar-refractivity contribution in [3.05, 3.63) is 57.2 Å². The highest BCUT2D eigenvalue weighted by Crippen LogP contribution is 2.31. The smallest absolute Gasteiger partial charge is 0.269 e. The van der Waals surface area contributed by atoms with E-state index in [9.17, 15) is 10.1 Å². The Kier molecular flexibility index (Phi) is 4.81. The fraction of sp³-hybridized carbons (Fsp3) is 0.154. The molecule has 0 atom stereocenters. The van der Waals surface area contributed by atoms with E-state index in [0.717, 1.165) is 11.3 Å². The molecule has 0 unspecified atom stereocenters. The maximum Gasteiger partial charge on any atom is 0.269 e. The Balaban J connectivity index is 2.22. The van der Waals surface area contributed by atoms with Gasteiger partial charge in [0.25, 0.3) is 5.69 Å². The van der Waals surface area contributed by atoms with E-state index in [2.05, 4.69) is 10.3 Å². The summed E-state index contributed by atoms with van der Waals surface area (Å²) in [5.41, 5.74) is 1.77. The molecule has 20 heavy (non-hydrogen) atoms. The van der Waals surface area contributed by atoms with Crippen LogP contribution in [-0.4, -0.2) is 17.0 Å². The van der Waals surface area contributed by atoms with Crippen molar-refractivity contribution in [2.24, 2.45) is 0 Å². The predicted octanol–water partition coefficient (Wildman–Crippen LogP) is 3.98. The number of nitro benzene ring substituents is 1. The number of thioether (sulfide) groups is 1. The molecule has 0 amide bonds.